The van der Waals surface area contributed by atoms with Crippen molar-refractivity contribution in [1.82, 2.24) is 14.8 Å². The van der Waals surface area contributed by atoms with Gasteiger partial charge in [-0.1, -0.05) is 17.7 Å². The van der Waals surface area contributed by atoms with Crippen LogP contribution in [0.4, 0.5) is 0 Å². The van der Waals surface area contributed by atoms with Crippen LogP contribution in [-0.4, -0.2) is 46.9 Å². The Morgan fingerprint density at radius 3 is 2.64 bits per heavy atom. The summed E-state index contributed by atoms with van der Waals surface area (Å²) in [6, 6.07) is 10.9. The molecule has 3 aromatic rings. The molecule has 0 atom stereocenters. The molecule has 4 rings (SSSR count). The molecular formula is C20H21Cl2N3O3. The van der Waals surface area contributed by atoms with E-state index in [1.54, 1.807) is 12.1 Å². The Morgan fingerprint density at radius 2 is 1.96 bits per heavy atom. The quantitative estimate of drug-likeness (QED) is 0.628. The number of oxazole rings is 1. The standard InChI is InChI=1S/C20H20ClN3O3.ClH/c1-14-17(22-19(27-14)15-4-2-5-16(21)12-15)13-23-7-9-24(10-8-23)20(25)18-6-3-11-26-18;/h2-6,11-12H,7-10,13H2,1H3;1H. The van der Waals surface area contributed by atoms with Gasteiger partial charge in [0.1, 0.15) is 5.76 Å². The molecule has 1 aromatic carbocycles. The summed E-state index contributed by atoms with van der Waals surface area (Å²) in [6.45, 7) is 5.51. The van der Waals surface area contributed by atoms with Gasteiger partial charge in [-0.3, -0.25) is 9.69 Å². The number of hydrogen-bond acceptors (Lipinski definition) is 5. The highest BCUT2D eigenvalue weighted by atomic mass is 35.5. The van der Waals surface area contributed by atoms with Gasteiger partial charge in [-0.05, 0) is 37.3 Å². The van der Waals surface area contributed by atoms with Crippen molar-refractivity contribution in [1.29, 1.82) is 0 Å². The number of hydrogen-bond donors (Lipinski definition) is 0. The maximum Gasteiger partial charge on any atom is 0.289 e. The Morgan fingerprint density at radius 1 is 1.18 bits per heavy atom. The Balaban J connectivity index is 0.00000225. The molecule has 1 fully saturated rings. The summed E-state index contributed by atoms with van der Waals surface area (Å²) < 4.78 is 11.0. The molecule has 28 heavy (non-hydrogen) atoms. The van der Waals surface area contributed by atoms with Gasteiger partial charge < -0.3 is 13.7 Å². The predicted octanol–water partition coefficient (Wildman–Crippen LogP) is 4.28. The molecule has 1 aliphatic rings. The van der Waals surface area contributed by atoms with Crippen molar-refractivity contribution in [2.24, 2.45) is 0 Å². The van der Waals surface area contributed by atoms with Crippen molar-refractivity contribution >= 4 is 29.9 Å². The van der Waals surface area contributed by atoms with Crippen LogP contribution in [0.1, 0.15) is 22.0 Å². The molecule has 148 valence electrons. The summed E-state index contributed by atoms with van der Waals surface area (Å²) in [4.78, 5) is 21.1. The van der Waals surface area contributed by atoms with E-state index >= 15 is 0 Å². The summed E-state index contributed by atoms with van der Waals surface area (Å²) in [5.74, 6) is 1.72. The molecule has 0 N–H and O–H groups in total. The number of halogens is 2. The molecule has 0 spiro atoms. The van der Waals surface area contributed by atoms with Crippen LogP contribution in [0, 0.1) is 6.92 Å². The highest BCUT2D eigenvalue weighted by molar-refractivity contribution is 6.30. The van der Waals surface area contributed by atoms with Gasteiger partial charge in [0.05, 0.1) is 12.0 Å². The minimum absolute atomic E-state index is 0. The Kier molecular flexibility index (Phi) is 6.44. The molecule has 3 heterocycles. The van der Waals surface area contributed by atoms with E-state index in [-0.39, 0.29) is 18.3 Å². The lowest BCUT2D eigenvalue weighted by molar-refractivity contribution is 0.0596. The fraction of sp³-hybridized carbons (Fsp3) is 0.300. The van der Waals surface area contributed by atoms with Gasteiger partial charge in [0.25, 0.3) is 5.91 Å². The first kappa shape index (κ1) is 20.5. The minimum atomic E-state index is -0.0551. The zero-order chi connectivity index (χ0) is 18.8. The average Bonchev–Trinajstić information content (AvgIpc) is 3.32. The van der Waals surface area contributed by atoms with Crippen molar-refractivity contribution in [3.63, 3.8) is 0 Å². The first-order valence-electron chi connectivity index (χ1n) is 8.87. The molecule has 0 radical (unpaired) electrons. The van der Waals surface area contributed by atoms with E-state index in [0.717, 1.165) is 30.1 Å². The number of aromatic nitrogens is 1. The fourth-order valence-electron chi connectivity index (χ4n) is 3.20. The number of furan rings is 1. The van der Waals surface area contributed by atoms with Crippen LogP contribution in [0.3, 0.4) is 0 Å². The lowest BCUT2D eigenvalue weighted by Gasteiger charge is -2.33. The van der Waals surface area contributed by atoms with Gasteiger partial charge in [0, 0.05) is 43.3 Å². The molecule has 0 unspecified atom stereocenters. The van der Waals surface area contributed by atoms with Gasteiger partial charge in [-0.2, -0.15) is 0 Å². The summed E-state index contributed by atoms with van der Waals surface area (Å²) in [5.41, 5.74) is 1.78. The average molecular weight is 422 g/mol. The largest absolute Gasteiger partial charge is 0.459 e. The van der Waals surface area contributed by atoms with Crippen molar-refractivity contribution in [2.75, 3.05) is 26.2 Å². The smallest absolute Gasteiger partial charge is 0.289 e. The molecule has 0 bridgehead atoms. The predicted molar refractivity (Wildman–Crippen MR) is 109 cm³/mol. The number of aryl methyl sites for hydroxylation is 1. The molecule has 8 heteroatoms. The zero-order valence-electron chi connectivity index (χ0n) is 15.4. The third-order valence-corrected chi connectivity index (χ3v) is 4.96. The fourth-order valence-corrected chi connectivity index (χ4v) is 3.39. The number of amides is 1. The Hall–Kier alpha value is -2.28. The van der Waals surface area contributed by atoms with E-state index in [9.17, 15) is 4.79 Å². The van der Waals surface area contributed by atoms with Crippen molar-refractivity contribution in [2.45, 2.75) is 13.5 Å². The van der Waals surface area contributed by atoms with Crippen LogP contribution in [0.15, 0.2) is 51.5 Å². The van der Waals surface area contributed by atoms with E-state index in [1.165, 1.54) is 6.26 Å². The minimum Gasteiger partial charge on any atom is -0.459 e. The van der Waals surface area contributed by atoms with Crippen molar-refractivity contribution < 1.29 is 13.6 Å². The second-order valence-corrected chi connectivity index (χ2v) is 7.01. The van der Waals surface area contributed by atoms with Gasteiger partial charge in [0.15, 0.2) is 5.76 Å². The molecular weight excluding hydrogens is 401 g/mol. The van der Waals surface area contributed by atoms with E-state index in [2.05, 4.69) is 9.88 Å². The van der Waals surface area contributed by atoms with Crippen molar-refractivity contribution in [3.05, 3.63) is 64.9 Å². The van der Waals surface area contributed by atoms with Gasteiger partial charge in [-0.15, -0.1) is 12.4 Å². The van der Waals surface area contributed by atoms with Crippen LogP contribution in [0.2, 0.25) is 5.02 Å². The number of benzene rings is 1. The first-order valence-corrected chi connectivity index (χ1v) is 9.25. The number of piperazine rings is 1. The molecule has 1 amide bonds. The second kappa shape index (κ2) is 8.82. The number of nitrogens with zero attached hydrogens (tertiary/aromatic N) is 3. The highest BCUT2D eigenvalue weighted by Crippen LogP contribution is 2.25. The lowest BCUT2D eigenvalue weighted by Crippen LogP contribution is -2.48. The van der Waals surface area contributed by atoms with E-state index < -0.39 is 0 Å². The molecule has 2 aromatic heterocycles. The molecule has 0 saturated carbocycles. The maximum atomic E-state index is 12.3. The van der Waals surface area contributed by atoms with Crippen LogP contribution >= 0.6 is 24.0 Å². The lowest BCUT2D eigenvalue weighted by atomic mass is 10.2. The summed E-state index contributed by atoms with van der Waals surface area (Å²) in [6.07, 6.45) is 1.52. The first-order chi connectivity index (χ1) is 13.1. The number of carbonyl (C=O) groups excluding carboxylic acids is 1. The highest BCUT2D eigenvalue weighted by Gasteiger charge is 2.25. The maximum absolute atomic E-state index is 12.3. The Labute approximate surface area is 174 Å². The third kappa shape index (κ3) is 4.41. The van der Waals surface area contributed by atoms with Gasteiger partial charge >= 0.3 is 0 Å². The van der Waals surface area contributed by atoms with Gasteiger partial charge in [-0.25, -0.2) is 4.98 Å². The molecule has 0 aliphatic carbocycles. The third-order valence-electron chi connectivity index (χ3n) is 4.73. The van der Waals surface area contributed by atoms with Crippen LogP contribution in [0.25, 0.3) is 11.5 Å². The molecule has 6 nitrogen and oxygen atoms in total. The van der Waals surface area contributed by atoms with E-state index in [1.807, 2.05) is 36.1 Å². The second-order valence-electron chi connectivity index (χ2n) is 6.58. The van der Waals surface area contributed by atoms with E-state index in [4.69, 9.17) is 20.4 Å². The number of carbonyl (C=O) groups is 1. The number of rotatable bonds is 4. The topological polar surface area (TPSA) is 62.7 Å². The van der Waals surface area contributed by atoms with Crippen LogP contribution in [0.5, 0.6) is 0 Å². The van der Waals surface area contributed by atoms with Crippen LogP contribution < -0.4 is 0 Å². The molecule has 1 aliphatic heterocycles. The zero-order valence-corrected chi connectivity index (χ0v) is 17.0. The summed E-state index contributed by atoms with van der Waals surface area (Å²) in [5, 5.41) is 0.655. The normalized spacial score (nSPS) is 14.7. The Bertz CT molecular complexity index is 932. The van der Waals surface area contributed by atoms with Crippen LogP contribution in [-0.2, 0) is 6.54 Å². The molecule has 1 saturated heterocycles. The summed E-state index contributed by atoms with van der Waals surface area (Å²) >= 11 is 6.06. The summed E-state index contributed by atoms with van der Waals surface area (Å²) in [7, 11) is 0. The van der Waals surface area contributed by atoms with E-state index in [0.29, 0.717) is 36.3 Å². The monoisotopic (exact) mass is 421 g/mol. The van der Waals surface area contributed by atoms with Crippen molar-refractivity contribution in [3.8, 4) is 11.5 Å². The SMILES string of the molecule is Cc1oc(-c2cccc(Cl)c2)nc1CN1CCN(C(=O)c2ccco2)CC1.Cl. The van der Waals surface area contributed by atoms with Gasteiger partial charge in [0.2, 0.25) is 5.89 Å².